The highest BCUT2D eigenvalue weighted by atomic mass is 35.5. The summed E-state index contributed by atoms with van der Waals surface area (Å²) in [5, 5.41) is 9.25. The molecule has 1 aromatic rings. The Labute approximate surface area is 164 Å². The molecule has 1 aliphatic heterocycles. The van der Waals surface area contributed by atoms with E-state index < -0.39 is 0 Å². The zero-order chi connectivity index (χ0) is 18.9. The van der Waals surface area contributed by atoms with Gasteiger partial charge in [-0.05, 0) is 37.0 Å². The maximum atomic E-state index is 12.9. The number of rotatable bonds is 5. The zero-order valence-corrected chi connectivity index (χ0v) is 17.3. The van der Waals surface area contributed by atoms with Crippen molar-refractivity contribution in [3.05, 3.63) is 39.9 Å². The predicted octanol–water partition coefficient (Wildman–Crippen LogP) is 5.58. The molecule has 0 radical (unpaired) electrons. The summed E-state index contributed by atoms with van der Waals surface area (Å²) >= 11 is 7.66. The molecule has 0 atom stereocenters. The van der Waals surface area contributed by atoms with Crippen LogP contribution < -0.4 is 4.74 Å². The number of methoxy groups -OCH3 is 1. The third-order valence-corrected chi connectivity index (χ3v) is 6.31. The van der Waals surface area contributed by atoms with Crippen molar-refractivity contribution in [1.29, 1.82) is 0 Å². The maximum Gasteiger partial charge on any atom is 0.192 e. The minimum Gasteiger partial charge on any atom is -0.496 e. The minimum absolute atomic E-state index is 0.0467. The van der Waals surface area contributed by atoms with E-state index in [2.05, 4.69) is 20.8 Å². The molecule has 0 amide bonds. The summed E-state index contributed by atoms with van der Waals surface area (Å²) in [5.74, 6) is 1.08. The van der Waals surface area contributed by atoms with Crippen LogP contribution in [-0.2, 0) is 0 Å². The molecule has 0 bridgehead atoms. The van der Waals surface area contributed by atoms with Crippen LogP contribution in [0.5, 0.6) is 5.75 Å². The van der Waals surface area contributed by atoms with Crippen molar-refractivity contribution < 1.29 is 9.53 Å². The minimum atomic E-state index is -0.115. The lowest BCUT2D eigenvalue weighted by Crippen LogP contribution is -2.26. The van der Waals surface area contributed by atoms with E-state index in [0.29, 0.717) is 22.3 Å². The monoisotopic (exact) mass is 392 g/mol. The normalized spacial score (nSPS) is 19.5. The number of halogens is 1. The number of ketones is 1. The van der Waals surface area contributed by atoms with E-state index in [1.807, 2.05) is 5.01 Å². The Morgan fingerprint density at radius 1 is 1.42 bits per heavy atom. The zero-order valence-electron chi connectivity index (χ0n) is 15.7. The summed E-state index contributed by atoms with van der Waals surface area (Å²) in [6, 6.07) is 5.10. The van der Waals surface area contributed by atoms with Crippen LogP contribution in [0.2, 0.25) is 5.02 Å². The summed E-state index contributed by atoms with van der Waals surface area (Å²) in [4.78, 5) is 12.9. The molecule has 3 rings (SSSR count). The van der Waals surface area contributed by atoms with Crippen molar-refractivity contribution >= 4 is 34.2 Å². The maximum absolute atomic E-state index is 12.9. The largest absolute Gasteiger partial charge is 0.496 e. The molecule has 26 heavy (non-hydrogen) atoms. The van der Waals surface area contributed by atoms with E-state index in [4.69, 9.17) is 21.4 Å². The van der Waals surface area contributed by atoms with Crippen LogP contribution >= 0.6 is 23.4 Å². The Kier molecular flexibility index (Phi) is 5.68. The molecule has 2 aliphatic rings. The van der Waals surface area contributed by atoms with Crippen LogP contribution in [0.4, 0.5) is 0 Å². The molecule has 1 heterocycles. The van der Waals surface area contributed by atoms with Crippen molar-refractivity contribution in [2.75, 3.05) is 13.7 Å². The lowest BCUT2D eigenvalue weighted by Gasteiger charge is -2.29. The molecule has 0 unspecified atom stereocenters. The van der Waals surface area contributed by atoms with E-state index >= 15 is 0 Å². The van der Waals surface area contributed by atoms with Gasteiger partial charge in [-0.3, -0.25) is 9.80 Å². The fraction of sp³-hybridized carbons (Fsp3) is 0.500. The van der Waals surface area contributed by atoms with Crippen molar-refractivity contribution in [2.24, 2.45) is 16.4 Å². The fourth-order valence-corrected chi connectivity index (χ4v) is 4.05. The number of thioether (sulfide) groups is 1. The molecule has 1 aliphatic carbocycles. The second kappa shape index (κ2) is 7.65. The van der Waals surface area contributed by atoms with Gasteiger partial charge in [-0.25, -0.2) is 0 Å². The Morgan fingerprint density at radius 2 is 2.15 bits per heavy atom. The summed E-state index contributed by atoms with van der Waals surface area (Å²) in [5.41, 5.74) is 0.426. The van der Waals surface area contributed by atoms with Gasteiger partial charge in [-0.15, -0.1) is 0 Å². The van der Waals surface area contributed by atoms with Gasteiger partial charge < -0.3 is 4.74 Å². The topological polar surface area (TPSA) is 41.9 Å². The van der Waals surface area contributed by atoms with Crippen LogP contribution in [0.3, 0.4) is 0 Å². The van der Waals surface area contributed by atoms with E-state index in [0.717, 1.165) is 16.6 Å². The third kappa shape index (κ3) is 4.26. The van der Waals surface area contributed by atoms with E-state index in [-0.39, 0.29) is 11.2 Å². The van der Waals surface area contributed by atoms with Crippen LogP contribution in [0.1, 0.15) is 50.4 Å². The second-order valence-electron chi connectivity index (χ2n) is 7.83. The molecule has 0 spiro atoms. The van der Waals surface area contributed by atoms with Crippen LogP contribution in [0.25, 0.3) is 0 Å². The molecule has 1 aromatic carbocycles. The Balaban J connectivity index is 1.87. The van der Waals surface area contributed by atoms with Gasteiger partial charge in [0.05, 0.1) is 12.7 Å². The number of nitrogens with zero attached hydrogens (tertiary/aromatic N) is 2. The summed E-state index contributed by atoms with van der Waals surface area (Å²) in [6.07, 6.45) is 5.44. The van der Waals surface area contributed by atoms with Crippen molar-refractivity contribution in [3.63, 3.8) is 0 Å². The number of carbonyl (C=O) groups is 1. The number of ether oxygens (including phenoxy) is 1. The van der Waals surface area contributed by atoms with Gasteiger partial charge in [0, 0.05) is 23.1 Å². The summed E-state index contributed by atoms with van der Waals surface area (Å²) in [6.45, 7) is 7.31. The molecule has 1 fully saturated rings. The highest BCUT2D eigenvalue weighted by molar-refractivity contribution is 8.17. The van der Waals surface area contributed by atoms with Crippen molar-refractivity contribution in [3.8, 4) is 5.75 Å². The molecule has 6 heteroatoms. The Morgan fingerprint density at radius 3 is 2.73 bits per heavy atom. The second-order valence-corrected chi connectivity index (χ2v) is 9.27. The molecular weight excluding hydrogens is 368 g/mol. The Hall–Kier alpha value is -1.46. The number of allylic oxidation sites excluding steroid dienone is 1. The number of hydrogen-bond donors (Lipinski definition) is 0. The number of hydrazone groups is 1. The van der Waals surface area contributed by atoms with E-state index in [1.165, 1.54) is 19.3 Å². The molecular formula is C20H25ClN2O2S. The highest BCUT2D eigenvalue weighted by Gasteiger charge is 2.32. The van der Waals surface area contributed by atoms with E-state index in [9.17, 15) is 4.79 Å². The van der Waals surface area contributed by atoms with Gasteiger partial charge in [-0.1, -0.05) is 50.6 Å². The van der Waals surface area contributed by atoms with Gasteiger partial charge in [0.25, 0.3) is 0 Å². The number of hydrogen-bond acceptors (Lipinski definition) is 5. The first-order valence-corrected chi connectivity index (χ1v) is 10.1. The average molecular weight is 393 g/mol. The van der Waals surface area contributed by atoms with E-state index in [1.54, 1.807) is 43.1 Å². The van der Waals surface area contributed by atoms with Gasteiger partial charge in [-0.2, -0.15) is 5.10 Å². The molecule has 0 saturated heterocycles. The van der Waals surface area contributed by atoms with Crippen LogP contribution in [0, 0.1) is 11.3 Å². The Bertz CT molecular complexity index is 764. The quantitative estimate of drug-likeness (QED) is 0.484. The first-order chi connectivity index (χ1) is 12.3. The van der Waals surface area contributed by atoms with Crippen molar-refractivity contribution in [2.45, 2.75) is 40.0 Å². The first kappa shape index (κ1) is 19.3. The van der Waals surface area contributed by atoms with Crippen molar-refractivity contribution in [1.82, 2.24) is 5.01 Å². The SMILES string of the molecule is COc1ccc(Cl)cc1C(=O)C=C1SC(C(C)(C)C)=NN1CC1CCC1. The molecule has 4 nitrogen and oxygen atoms in total. The van der Waals surface area contributed by atoms with Gasteiger partial charge in [0.15, 0.2) is 5.78 Å². The summed E-state index contributed by atoms with van der Waals surface area (Å²) < 4.78 is 5.32. The number of carbonyl (C=O) groups excluding carboxylic acids is 1. The van der Waals surface area contributed by atoms with Gasteiger partial charge >= 0.3 is 0 Å². The lowest BCUT2D eigenvalue weighted by atomic mass is 9.85. The molecule has 0 N–H and O–H groups in total. The predicted molar refractivity (Wildman–Crippen MR) is 109 cm³/mol. The average Bonchev–Trinajstić information content (AvgIpc) is 2.94. The van der Waals surface area contributed by atoms with Crippen LogP contribution in [-0.4, -0.2) is 29.5 Å². The standard InChI is InChI=1S/C20H25ClN2O2S/c1-20(2,3)19-22-23(12-13-6-5-7-13)18(26-19)11-16(24)15-10-14(21)8-9-17(15)25-4/h8-11,13H,5-7,12H2,1-4H3. The van der Waals surface area contributed by atoms with Gasteiger partial charge in [0.2, 0.25) is 0 Å². The third-order valence-electron chi connectivity index (χ3n) is 4.65. The van der Waals surface area contributed by atoms with Crippen LogP contribution in [0.15, 0.2) is 34.4 Å². The lowest BCUT2D eigenvalue weighted by molar-refractivity contribution is 0.104. The van der Waals surface area contributed by atoms with Gasteiger partial charge in [0.1, 0.15) is 15.8 Å². The first-order valence-electron chi connectivity index (χ1n) is 8.92. The fourth-order valence-electron chi connectivity index (χ4n) is 2.85. The molecule has 1 saturated carbocycles. The smallest absolute Gasteiger partial charge is 0.192 e. The molecule has 140 valence electrons. The number of benzene rings is 1. The molecule has 0 aromatic heterocycles. The summed E-state index contributed by atoms with van der Waals surface area (Å²) in [7, 11) is 1.56. The highest BCUT2D eigenvalue weighted by Crippen LogP contribution is 2.40.